The van der Waals surface area contributed by atoms with Crippen LogP contribution >= 0.6 is 0 Å². The van der Waals surface area contributed by atoms with Gasteiger partial charge in [-0.2, -0.15) is 5.10 Å². The van der Waals surface area contributed by atoms with Crippen molar-refractivity contribution in [2.24, 2.45) is 0 Å². The molecular formula is C11H18N4. The van der Waals surface area contributed by atoms with Crippen molar-refractivity contribution in [2.75, 3.05) is 13.1 Å². The van der Waals surface area contributed by atoms with Crippen LogP contribution < -0.4 is 0 Å². The van der Waals surface area contributed by atoms with Crippen LogP contribution in [-0.4, -0.2) is 33.6 Å². The summed E-state index contributed by atoms with van der Waals surface area (Å²) in [5.41, 5.74) is 0. The van der Waals surface area contributed by atoms with E-state index in [1.165, 1.54) is 12.8 Å². The normalized spacial score (nSPS) is 17.1. The predicted molar refractivity (Wildman–Crippen MR) is 60.0 cm³/mol. The van der Waals surface area contributed by atoms with Gasteiger partial charge in [0.1, 0.15) is 0 Å². The second kappa shape index (κ2) is 4.96. The van der Waals surface area contributed by atoms with Crippen molar-refractivity contribution in [2.45, 2.75) is 32.2 Å². The molecule has 0 aromatic carbocycles. The first-order valence-corrected chi connectivity index (χ1v) is 5.66. The van der Waals surface area contributed by atoms with Gasteiger partial charge in [-0.1, -0.05) is 0 Å². The number of hydrogen-bond donors (Lipinski definition) is 1. The van der Waals surface area contributed by atoms with Crippen molar-refractivity contribution in [1.29, 1.82) is 5.41 Å². The Morgan fingerprint density at radius 1 is 1.33 bits per heavy atom. The molecule has 2 heterocycles. The highest BCUT2D eigenvalue weighted by Crippen LogP contribution is 2.11. The van der Waals surface area contributed by atoms with E-state index in [9.17, 15) is 0 Å². The van der Waals surface area contributed by atoms with Crippen LogP contribution in [0.3, 0.4) is 0 Å². The Balaban J connectivity index is 1.71. The zero-order valence-corrected chi connectivity index (χ0v) is 9.02. The van der Waals surface area contributed by atoms with Crippen molar-refractivity contribution in [3.8, 4) is 0 Å². The fraction of sp³-hybridized carbons (Fsp3) is 0.636. The lowest BCUT2D eigenvalue weighted by Crippen LogP contribution is -2.35. The zero-order valence-electron chi connectivity index (χ0n) is 9.02. The monoisotopic (exact) mass is 206 g/mol. The van der Waals surface area contributed by atoms with Crippen LogP contribution in [0.5, 0.6) is 0 Å². The number of likely N-dealkylation sites (tertiary alicyclic amines) is 1. The molecule has 0 radical (unpaired) electrons. The molecule has 1 aromatic heterocycles. The number of hydrogen-bond acceptors (Lipinski definition) is 2. The molecule has 15 heavy (non-hydrogen) atoms. The van der Waals surface area contributed by atoms with E-state index in [0.29, 0.717) is 0 Å². The minimum atomic E-state index is 0.821. The third kappa shape index (κ3) is 2.81. The van der Waals surface area contributed by atoms with E-state index in [0.717, 1.165) is 38.3 Å². The highest BCUT2D eigenvalue weighted by molar-refractivity contribution is 5.79. The molecule has 1 aliphatic heterocycles. The molecular weight excluding hydrogens is 188 g/mol. The molecule has 0 bridgehead atoms. The zero-order chi connectivity index (χ0) is 10.5. The minimum absolute atomic E-state index is 0.821. The maximum Gasteiger partial charge on any atom is 0.0957 e. The Morgan fingerprint density at radius 2 is 2.27 bits per heavy atom. The molecule has 2 rings (SSSR count). The molecule has 0 unspecified atom stereocenters. The lowest BCUT2D eigenvalue weighted by Gasteiger charge is -2.29. The summed E-state index contributed by atoms with van der Waals surface area (Å²) in [6.07, 6.45) is 8.26. The molecule has 0 spiro atoms. The lowest BCUT2D eigenvalue weighted by molar-refractivity contribution is 0.350. The second-order valence-corrected chi connectivity index (χ2v) is 4.01. The molecule has 1 aliphatic rings. The fourth-order valence-corrected chi connectivity index (χ4v) is 1.99. The van der Waals surface area contributed by atoms with Gasteiger partial charge in [-0.15, -0.1) is 0 Å². The Hall–Kier alpha value is -1.32. The Morgan fingerprint density at radius 3 is 3.00 bits per heavy atom. The van der Waals surface area contributed by atoms with Crippen molar-refractivity contribution >= 4 is 5.84 Å². The van der Waals surface area contributed by atoms with Crippen molar-refractivity contribution in [3.63, 3.8) is 0 Å². The maximum atomic E-state index is 7.80. The highest BCUT2D eigenvalue weighted by Gasteiger charge is 2.13. The molecule has 1 N–H and O–H groups in total. The number of rotatable bonds is 4. The van der Waals surface area contributed by atoms with Crippen LogP contribution in [0, 0.1) is 5.41 Å². The number of piperidine rings is 1. The van der Waals surface area contributed by atoms with Crippen molar-refractivity contribution < 1.29 is 0 Å². The predicted octanol–water partition coefficient (Wildman–Crippen LogP) is 1.74. The quantitative estimate of drug-likeness (QED) is 0.815. The number of nitrogens with zero attached hydrogens (tertiary/aromatic N) is 3. The van der Waals surface area contributed by atoms with Crippen LogP contribution in [0.15, 0.2) is 18.5 Å². The van der Waals surface area contributed by atoms with E-state index in [1.807, 2.05) is 23.1 Å². The van der Waals surface area contributed by atoms with E-state index >= 15 is 0 Å². The summed E-state index contributed by atoms with van der Waals surface area (Å²) in [5.74, 6) is 0.821. The first kappa shape index (κ1) is 10.2. The van der Waals surface area contributed by atoms with Crippen LogP contribution in [0.25, 0.3) is 0 Å². The average molecular weight is 206 g/mol. The van der Waals surface area contributed by atoms with Gasteiger partial charge in [0.15, 0.2) is 0 Å². The topological polar surface area (TPSA) is 44.9 Å². The van der Waals surface area contributed by atoms with Gasteiger partial charge < -0.3 is 4.90 Å². The third-order valence-electron chi connectivity index (χ3n) is 2.85. The molecule has 1 fully saturated rings. The SMILES string of the molecule is N=C1CCCCN1CCCn1cccn1. The molecule has 82 valence electrons. The van der Waals surface area contributed by atoms with Crippen LogP contribution in [0.2, 0.25) is 0 Å². The molecule has 0 aliphatic carbocycles. The number of amidine groups is 1. The van der Waals surface area contributed by atoms with Gasteiger partial charge in [0.25, 0.3) is 0 Å². The summed E-state index contributed by atoms with van der Waals surface area (Å²) in [5, 5.41) is 12.0. The van der Waals surface area contributed by atoms with E-state index in [1.54, 1.807) is 0 Å². The standard InChI is InChI=1S/C11H18N4/c12-11-5-1-2-7-14(11)8-4-10-15-9-3-6-13-15/h3,6,9,12H,1-2,4-5,7-8,10H2. The number of nitrogens with one attached hydrogen (secondary N) is 1. The summed E-state index contributed by atoms with van der Waals surface area (Å²) in [6.45, 7) is 3.02. The summed E-state index contributed by atoms with van der Waals surface area (Å²) in [7, 11) is 0. The Bertz CT molecular complexity index is 304. The van der Waals surface area contributed by atoms with Gasteiger partial charge in [0, 0.05) is 38.4 Å². The Kier molecular flexibility index (Phi) is 3.37. The van der Waals surface area contributed by atoms with Crippen molar-refractivity contribution in [1.82, 2.24) is 14.7 Å². The lowest BCUT2D eigenvalue weighted by atomic mass is 10.1. The molecule has 0 saturated carbocycles. The van der Waals surface area contributed by atoms with Gasteiger partial charge in [-0.25, -0.2) is 0 Å². The summed E-state index contributed by atoms with van der Waals surface area (Å²) in [6, 6.07) is 1.95. The fourth-order valence-electron chi connectivity index (χ4n) is 1.99. The third-order valence-corrected chi connectivity index (χ3v) is 2.85. The van der Waals surface area contributed by atoms with E-state index < -0.39 is 0 Å². The molecule has 4 heteroatoms. The van der Waals surface area contributed by atoms with Gasteiger partial charge >= 0.3 is 0 Å². The molecule has 4 nitrogen and oxygen atoms in total. The first-order chi connectivity index (χ1) is 7.36. The largest absolute Gasteiger partial charge is 0.360 e. The van der Waals surface area contributed by atoms with Gasteiger partial charge in [0.2, 0.25) is 0 Å². The van der Waals surface area contributed by atoms with Crippen molar-refractivity contribution in [3.05, 3.63) is 18.5 Å². The van der Waals surface area contributed by atoms with E-state index in [-0.39, 0.29) is 0 Å². The summed E-state index contributed by atoms with van der Waals surface area (Å²) in [4.78, 5) is 2.20. The van der Waals surface area contributed by atoms with Crippen LogP contribution in [0.1, 0.15) is 25.7 Å². The molecule has 1 saturated heterocycles. The highest BCUT2D eigenvalue weighted by atomic mass is 15.3. The molecule has 0 atom stereocenters. The van der Waals surface area contributed by atoms with Gasteiger partial charge in [-0.05, 0) is 25.3 Å². The number of aryl methyl sites for hydroxylation is 1. The molecule has 0 amide bonds. The van der Waals surface area contributed by atoms with Gasteiger partial charge in [-0.3, -0.25) is 10.1 Å². The number of aromatic nitrogens is 2. The Labute approximate surface area is 90.4 Å². The second-order valence-electron chi connectivity index (χ2n) is 4.01. The smallest absolute Gasteiger partial charge is 0.0957 e. The van der Waals surface area contributed by atoms with E-state index in [2.05, 4.69) is 10.00 Å². The van der Waals surface area contributed by atoms with Crippen LogP contribution in [-0.2, 0) is 6.54 Å². The average Bonchev–Trinajstić information content (AvgIpc) is 2.74. The van der Waals surface area contributed by atoms with Crippen LogP contribution in [0.4, 0.5) is 0 Å². The minimum Gasteiger partial charge on any atom is -0.360 e. The van der Waals surface area contributed by atoms with E-state index in [4.69, 9.17) is 5.41 Å². The molecule has 1 aromatic rings. The first-order valence-electron chi connectivity index (χ1n) is 5.66. The maximum absolute atomic E-state index is 7.80. The summed E-state index contributed by atoms with van der Waals surface area (Å²) < 4.78 is 1.95. The van der Waals surface area contributed by atoms with Gasteiger partial charge in [0.05, 0.1) is 5.84 Å². The summed E-state index contributed by atoms with van der Waals surface area (Å²) >= 11 is 0.